The first kappa shape index (κ1) is 19.6. The van der Waals surface area contributed by atoms with E-state index >= 15 is 0 Å². The van der Waals surface area contributed by atoms with Crippen LogP contribution < -0.4 is 10.0 Å². The zero-order chi connectivity index (χ0) is 19.7. The van der Waals surface area contributed by atoms with Gasteiger partial charge in [0.05, 0.1) is 10.3 Å². The van der Waals surface area contributed by atoms with Gasteiger partial charge in [-0.25, -0.2) is 13.1 Å². The number of sulfonamides is 1. The van der Waals surface area contributed by atoms with Gasteiger partial charge in [-0.05, 0) is 50.8 Å². The Bertz CT molecular complexity index is 927. The van der Waals surface area contributed by atoms with E-state index in [-0.39, 0.29) is 17.3 Å². The van der Waals surface area contributed by atoms with E-state index in [1.807, 2.05) is 30.3 Å². The van der Waals surface area contributed by atoms with E-state index in [9.17, 15) is 13.2 Å². The van der Waals surface area contributed by atoms with Crippen molar-refractivity contribution in [1.82, 2.24) is 10.0 Å². The maximum absolute atomic E-state index is 12.8. The highest BCUT2D eigenvalue weighted by atomic mass is 32.2. The van der Waals surface area contributed by atoms with E-state index in [4.69, 9.17) is 0 Å². The first-order valence-corrected chi connectivity index (χ1v) is 10.6. The Labute approximate surface area is 161 Å². The molecular weight excluding hydrogens is 360 g/mol. The third kappa shape index (κ3) is 4.39. The van der Waals surface area contributed by atoms with Crippen molar-refractivity contribution in [2.45, 2.75) is 56.0 Å². The zero-order valence-electron chi connectivity index (χ0n) is 16.0. The van der Waals surface area contributed by atoms with Crippen LogP contribution in [0.25, 0.3) is 0 Å². The summed E-state index contributed by atoms with van der Waals surface area (Å²) in [7, 11) is -3.67. The van der Waals surface area contributed by atoms with Gasteiger partial charge in [0.25, 0.3) is 0 Å². The lowest BCUT2D eigenvalue weighted by molar-refractivity contribution is -0.123. The zero-order valence-corrected chi connectivity index (χ0v) is 16.8. The van der Waals surface area contributed by atoms with Crippen LogP contribution in [0.4, 0.5) is 0 Å². The van der Waals surface area contributed by atoms with Crippen molar-refractivity contribution in [3.05, 3.63) is 65.7 Å². The lowest BCUT2D eigenvalue weighted by Gasteiger charge is -2.22. The maximum Gasteiger partial charge on any atom is 0.241 e. The van der Waals surface area contributed by atoms with Gasteiger partial charge >= 0.3 is 0 Å². The van der Waals surface area contributed by atoms with Crippen LogP contribution in [-0.2, 0) is 26.8 Å². The Balaban J connectivity index is 1.77. The van der Waals surface area contributed by atoms with Gasteiger partial charge in [0.15, 0.2) is 0 Å². The molecule has 0 atom stereocenters. The molecule has 0 spiro atoms. The second-order valence-electron chi connectivity index (χ2n) is 8.09. The molecule has 0 unspecified atom stereocenters. The fraction of sp³-hybridized carbons (Fsp3) is 0.381. The molecule has 2 N–H and O–H groups in total. The van der Waals surface area contributed by atoms with Gasteiger partial charge in [-0.15, -0.1) is 0 Å². The molecule has 1 fully saturated rings. The predicted octanol–water partition coefficient (Wildman–Crippen LogP) is 3.11. The number of benzene rings is 2. The fourth-order valence-electron chi connectivity index (χ4n) is 3.24. The van der Waals surface area contributed by atoms with E-state index in [0.29, 0.717) is 5.56 Å². The molecule has 2 aromatic rings. The molecule has 0 bridgehead atoms. The molecule has 5 nitrogen and oxygen atoms in total. The molecule has 144 valence electrons. The van der Waals surface area contributed by atoms with Crippen LogP contribution in [0, 0.1) is 0 Å². The van der Waals surface area contributed by atoms with Gasteiger partial charge in [0, 0.05) is 12.1 Å². The summed E-state index contributed by atoms with van der Waals surface area (Å²) >= 11 is 0. The Morgan fingerprint density at radius 3 is 2.19 bits per heavy atom. The summed E-state index contributed by atoms with van der Waals surface area (Å²) in [5.74, 6) is -0.0512. The van der Waals surface area contributed by atoms with Crippen LogP contribution in [0.2, 0.25) is 0 Å². The van der Waals surface area contributed by atoms with Gasteiger partial charge in [0.1, 0.15) is 0 Å². The number of nitrogens with one attached hydrogen (secondary N) is 2. The van der Waals surface area contributed by atoms with Crippen molar-refractivity contribution in [3.63, 3.8) is 0 Å². The minimum atomic E-state index is -3.67. The average molecular weight is 387 g/mol. The normalized spacial score (nSPS) is 16.0. The van der Waals surface area contributed by atoms with Crippen LogP contribution in [0.15, 0.2) is 59.5 Å². The van der Waals surface area contributed by atoms with Crippen molar-refractivity contribution < 1.29 is 13.2 Å². The van der Waals surface area contributed by atoms with Gasteiger partial charge in [-0.1, -0.05) is 48.5 Å². The average Bonchev–Trinajstić information content (AvgIpc) is 3.40. The van der Waals surface area contributed by atoms with Gasteiger partial charge < -0.3 is 5.32 Å². The van der Waals surface area contributed by atoms with Crippen LogP contribution in [0.3, 0.4) is 0 Å². The summed E-state index contributed by atoms with van der Waals surface area (Å²) in [4.78, 5) is 13.0. The summed E-state index contributed by atoms with van der Waals surface area (Å²) in [6.45, 7) is 5.57. The molecular formula is C21H26N2O3S. The molecule has 0 radical (unpaired) electrons. The molecule has 3 rings (SSSR count). The lowest BCUT2D eigenvalue weighted by Crippen LogP contribution is -2.41. The van der Waals surface area contributed by atoms with Crippen molar-refractivity contribution in [1.29, 1.82) is 0 Å². The van der Waals surface area contributed by atoms with Crippen LogP contribution in [0.1, 0.15) is 44.7 Å². The van der Waals surface area contributed by atoms with Gasteiger partial charge in [0.2, 0.25) is 15.9 Å². The summed E-state index contributed by atoms with van der Waals surface area (Å²) in [5, 5.41) is 2.94. The summed E-state index contributed by atoms with van der Waals surface area (Å²) < 4.78 is 28.1. The van der Waals surface area contributed by atoms with E-state index in [1.165, 1.54) is 0 Å². The third-order valence-corrected chi connectivity index (χ3v) is 6.51. The molecule has 0 aromatic heterocycles. The number of carbonyl (C=O) groups excluding carboxylic acids is 1. The second-order valence-corrected chi connectivity index (χ2v) is 9.74. The summed E-state index contributed by atoms with van der Waals surface area (Å²) in [6.07, 6.45) is 1.63. The highest BCUT2D eigenvalue weighted by Crippen LogP contribution is 2.48. The molecule has 0 heterocycles. The van der Waals surface area contributed by atoms with Crippen molar-refractivity contribution in [2.24, 2.45) is 0 Å². The highest BCUT2D eigenvalue weighted by Gasteiger charge is 2.51. The number of hydrogen-bond acceptors (Lipinski definition) is 3. The first-order chi connectivity index (χ1) is 12.6. The third-order valence-electron chi connectivity index (χ3n) is 4.65. The molecule has 0 saturated heterocycles. The van der Waals surface area contributed by atoms with E-state index < -0.39 is 21.0 Å². The number of hydrogen-bond donors (Lipinski definition) is 2. The van der Waals surface area contributed by atoms with E-state index in [2.05, 4.69) is 10.0 Å². The Morgan fingerprint density at radius 2 is 1.59 bits per heavy atom. The Morgan fingerprint density at radius 1 is 1.00 bits per heavy atom. The van der Waals surface area contributed by atoms with E-state index in [0.717, 1.165) is 18.4 Å². The highest BCUT2D eigenvalue weighted by molar-refractivity contribution is 7.89. The molecule has 27 heavy (non-hydrogen) atoms. The predicted molar refractivity (Wildman–Crippen MR) is 106 cm³/mol. The standard InChI is InChI=1S/C21H26N2O3S/c1-20(2,3)23-27(25,26)18-12-8-7-9-16(18)15-22-19(24)21(13-14-21)17-10-5-4-6-11-17/h4-12,23H,13-15H2,1-3H3,(H,22,24). The summed E-state index contributed by atoms with van der Waals surface area (Å²) in [5.41, 5.74) is 0.531. The van der Waals surface area contributed by atoms with Crippen LogP contribution in [0.5, 0.6) is 0 Å². The summed E-state index contributed by atoms with van der Waals surface area (Å²) in [6, 6.07) is 16.5. The Kier molecular flexibility index (Phi) is 5.14. The molecule has 1 aliphatic rings. The molecule has 1 saturated carbocycles. The van der Waals surface area contributed by atoms with Crippen LogP contribution in [-0.4, -0.2) is 19.9 Å². The first-order valence-electron chi connectivity index (χ1n) is 9.10. The smallest absolute Gasteiger partial charge is 0.241 e. The topological polar surface area (TPSA) is 75.3 Å². The minimum absolute atomic E-state index is 0.0512. The van der Waals surface area contributed by atoms with Crippen molar-refractivity contribution in [3.8, 4) is 0 Å². The van der Waals surface area contributed by atoms with Gasteiger partial charge in [-0.3, -0.25) is 4.79 Å². The molecule has 6 heteroatoms. The monoisotopic (exact) mass is 386 g/mol. The van der Waals surface area contributed by atoms with E-state index in [1.54, 1.807) is 45.0 Å². The van der Waals surface area contributed by atoms with Crippen LogP contribution >= 0.6 is 0 Å². The SMILES string of the molecule is CC(C)(C)NS(=O)(=O)c1ccccc1CNC(=O)C1(c2ccccc2)CC1. The molecule has 0 aliphatic heterocycles. The quantitative estimate of drug-likeness (QED) is 0.801. The Hall–Kier alpha value is -2.18. The largest absolute Gasteiger partial charge is 0.351 e. The number of rotatable bonds is 6. The van der Waals surface area contributed by atoms with Crippen molar-refractivity contribution in [2.75, 3.05) is 0 Å². The number of amides is 1. The number of carbonyl (C=O) groups is 1. The molecule has 2 aromatic carbocycles. The second kappa shape index (κ2) is 7.09. The van der Waals surface area contributed by atoms with Gasteiger partial charge in [-0.2, -0.15) is 0 Å². The maximum atomic E-state index is 12.8. The fourth-order valence-corrected chi connectivity index (χ4v) is 4.90. The lowest BCUT2D eigenvalue weighted by atomic mass is 9.95. The molecule has 1 aliphatic carbocycles. The minimum Gasteiger partial charge on any atom is -0.351 e. The molecule has 1 amide bonds. The van der Waals surface area contributed by atoms with Crippen molar-refractivity contribution >= 4 is 15.9 Å².